The smallest absolute Gasteiger partial charge is 0.173 e. The van der Waals surface area contributed by atoms with Crippen LogP contribution in [0.1, 0.15) is 5.69 Å². The molecule has 0 saturated carbocycles. The van der Waals surface area contributed by atoms with Gasteiger partial charge < -0.3 is 0 Å². The summed E-state index contributed by atoms with van der Waals surface area (Å²) >= 11 is 0. The van der Waals surface area contributed by atoms with Gasteiger partial charge in [0.05, 0.1) is 0 Å². The van der Waals surface area contributed by atoms with E-state index in [1.807, 2.05) is 0 Å². The molecule has 0 aliphatic heterocycles. The quantitative estimate of drug-likeness (QED) is 0.593. The Kier molecular flexibility index (Phi) is 2.01. The first-order valence-electron chi connectivity index (χ1n) is 2.91. The molecule has 0 spiro atoms. The largest absolute Gasteiger partial charge is 0.505 e. The van der Waals surface area contributed by atoms with Gasteiger partial charge in [0.25, 0.3) is 0 Å². The Labute approximate surface area is 67.8 Å². The maximum atomic E-state index is 11.9. The van der Waals surface area contributed by atoms with Gasteiger partial charge in [0.1, 0.15) is 0 Å². The molecule has 8 heteroatoms. The van der Waals surface area contributed by atoms with Crippen molar-refractivity contribution in [3.05, 3.63) is 18.0 Å². The van der Waals surface area contributed by atoms with Crippen LogP contribution in [0.15, 0.2) is 12.3 Å². The Bertz CT molecular complexity index is 266. The Morgan fingerprint density at radius 3 is 1.92 bits per heavy atom. The van der Waals surface area contributed by atoms with Crippen LogP contribution < -0.4 is 0 Å². The van der Waals surface area contributed by atoms with Crippen LogP contribution >= 0.6 is 0 Å². The number of hydrogen-bond acceptors (Lipinski definition) is 1. The van der Waals surface area contributed by atoms with Crippen LogP contribution in [0.2, 0.25) is 0 Å². The molecule has 0 unspecified atom stereocenters. The Hall–Kier alpha value is -1.21. The molecular formula is C5H2F6N2. The lowest BCUT2D eigenvalue weighted by atomic mass is 10.4. The molecule has 0 aliphatic carbocycles. The highest BCUT2D eigenvalue weighted by Crippen LogP contribution is 2.33. The minimum absolute atomic E-state index is 0.257. The zero-order valence-electron chi connectivity index (χ0n) is 5.82. The third-order valence-electron chi connectivity index (χ3n) is 1.17. The molecule has 0 aromatic carbocycles. The molecule has 0 saturated heterocycles. The van der Waals surface area contributed by atoms with Crippen molar-refractivity contribution in [3.63, 3.8) is 0 Å². The zero-order chi connectivity index (χ0) is 10.3. The topological polar surface area (TPSA) is 17.8 Å². The fourth-order valence-electron chi connectivity index (χ4n) is 0.720. The molecule has 0 amide bonds. The second kappa shape index (κ2) is 2.64. The molecule has 0 bridgehead atoms. The third kappa shape index (κ3) is 1.93. The summed E-state index contributed by atoms with van der Waals surface area (Å²) in [6, 6.07) is 0.257. The summed E-state index contributed by atoms with van der Waals surface area (Å²) in [5.74, 6) is 0. The first-order chi connectivity index (χ1) is 5.73. The van der Waals surface area contributed by atoms with Crippen molar-refractivity contribution < 1.29 is 26.3 Å². The van der Waals surface area contributed by atoms with Crippen LogP contribution in [-0.4, -0.2) is 9.78 Å². The van der Waals surface area contributed by atoms with Gasteiger partial charge in [0, 0.05) is 6.20 Å². The maximum Gasteiger partial charge on any atom is 0.505 e. The van der Waals surface area contributed by atoms with Crippen molar-refractivity contribution in [1.29, 1.82) is 0 Å². The number of rotatable bonds is 0. The number of halogens is 6. The summed E-state index contributed by atoms with van der Waals surface area (Å²) in [5.41, 5.74) is -1.83. The van der Waals surface area contributed by atoms with Crippen LogP contribution in [-0.2, 0) is 12.5 Å². The second-order valence-electron chi connectivity index (χ2n) is 2.09. The fraction of sp³-hybridized carbons (Fsp3) is 0.400. The van der Waals surface area contributed by atoms with Gasteiger partial charge in [-0.3, -0.25) is 0 Å². The summed E-state index contributed by atoms with van der Waals surface area (Å²) in [6.45, 7) is 0. The number of hydrogen-bond donors (Lipinski definition) is 0. The van der Waals surface area contributed by atoms with E-state index in [1.165, 1.54) is 0 Å². The molecule has 0 fully saturated rings. The van der Waals surface area contributed by atoms with Gasteiger partial charge in [-0.1, -0.05) is 0 Å². The van der Waals surface area contributed by atoms with E-state index in [4.69, 9.17) is 0 Å². The molecule has 0 radical (unpaired) electrons. The lowest BCUT2D eigenvalue weighted by Crippen LogP contribution is -2.25. The van der Waals surface area contributed by atoms with Crippen LogP contribution in [0.3, 0.4) is 0 Å². The van der Waals surface area contributed by atoms with E-state index in [-0.39, 0.29) is 6.07 Å². The van der Waals surface area contributed by atoms with Gasteiger partial charge in [0.15, 0.2) is 5.69 Å². The normalized spacial score (nSPS) is 13.4. The van der Waals surface area contributed by atoms with Crippen molar-refractivity contribution in [2.24, 2.45) is 0 Å². The van der Waals surface area contributed by atoms with Crippen molar-refractivity contribution >= 4 is 0 Å². The Morgan fingerprint density at radius 2 is 1.62 bits per heavy atom. The summed E-state index contributed by atoms with van der Waals surface area (Å²) in [5, 5.41) is 2.53. The molecule has 0 N–H and O–H groups in total. The third-order valence-corrected chi connectivity index (χ3v) is 1.17. The predicted molar refractivity (Wildman–Crippen MR) is 28.5 cm³/mol. The summed E-state index contributed by atoms with van der Waals surface area (Å²) in [4.78, 5) is 0. The van der Waals surface area contributed by atoms with Gasteiger partial charge in [-0.15, -0.1) is 13.2 Å². The van der Waals surface area contributed by atoms with Crippen LogP contribution in [0.4, 0.5) is 26.3 Å². The number of aromatic nitrogens is 2. The fourth-order valence-corrected chi connectivity index (χ4v) is 0.720. The number of nitrogens with zero attached hydrogens (tertiary/aromatic N) is 2. The van der Waals surface area contributed by atoms with Gasteiger partial charge >= 0.3 is 12.5 Å². The molecule has 2 nitrogen and oxygen atoms in total. The van der Waals surface area contributed by atoms with Crippen molar-refractivity contribution in [2.75, 3.05) is 0 Å². The summed E-state index contributed by atoms with van der Waals surface area (Å²) < 4.78 is 70.0. The summed E-state index contributed by atoms with van der Waals surface area (Å²) in [7, 11) is 0. The van der Waals surface area contributed by atoms with E-state index >= 15 is 0 Å². The van der Waals surface area contributed by atoms with Crippen molar-refractivity contribution in [1.82, 2.24) is 9.78 Å². The van der Waals surface area contributed by atoms with E-state index in [2.05, 4.69) is 5.10 Å². The lowest BCUT2D eigenvalue weighted by Gasteiger charge is -2.12. The van der Waals surface area contributed by atoms with Gasteiger partial charge in [0.2, 0.25) is 0 Å². The first kappa shape index (κ1) is 9.87. The highest BCUT2D eigenvalue weighted by Gasteiger charge is 2.43. The van der Waals surface area contributed by atoms with E-state index in [1.54, 1.807) is 0 Å². The van der Waals surface area contributed by atoms with E-state index < -0.39 is 22.9 Å². The zero-order valence-corrected chi connectivity index (χ0v) is 5.82. The summed E-state index contributed by atoms with van der Waals surface area (Å²) in [6.07, 6.45) is -9.75. The standard InChI is InChI=1S/C5H2F6N2/c6-4(7,8)3-1-2-12-13(3)5(9,10)11/h1-2H. The molecule has 1 heterocycles. The molecule has 0 aliphatic rings. The van der Waals surface area contributed by atoms with Crippen molar-refractivity contribution in [3.8, 4) is 0 Å². The molecule has 74 valence electrons. The van der Waals surface area contributed by atoms with Gasteiger partial charge in [-0.2, -0.15) is 23.0 Å². The predicted octanol–water partition coefficient (Wildman–Crippen LogP) is 2.38. The van der Waals surface area contributed by atoms with Crippen LogP contribution in [0, 0.1) is 0 Å². The van der Waals surface area contributed by atoms with E-state index in [0.717, 1.165) is 0 Å². The monoisotopic (exact) mass is 204 g/mol. The molecule has 13 heavy (non-hydrogen) atoms. The average molecular weight is 204 g/mol. The molecule has 0 atom stereocenters. The lowest BCUT2D eigenvalue weighted by molar-refractivity contribution is -0.229. The number of alkyl halides is 6. The van der Waals surface area contributed by atoms with E-state index in [0.29, 0.717) is 6.20 Å². The SMILES string of the molecule is FC(F)(F)c1ccnn1C(F)(F)F. The molecule has 1 aromatic heterocycles. The average Bonchev–Trinajstić information content (AvgIpc) is 2.27. The van der Waals surface area contributed by atoms with E-state index in [9.17, 15) is 26.3 Å². The second-order valence-corrected chi connectivity index (χ2v) is 2.09. The minimum Gasteiger partial charge on any atom is -0.173 e. The Morgan fingerprint density at radius 1 is 1.08 bits per heavy atom. The Balaban J connectivity index is 3.19. The highest BCUT2D eigenvalue weighted by molar-refractivity contribution is 5.05. The highest BCUT2D eigenvalue weighted by atomic mass is 19.4. The van der Waals surface area contributed by atoms with Gasteiger partial charge in [-0.05, 0) is 6.07 Å². The van der Waals surface area contributed by atoms with Crippen LogP contribution in [0.25, 0.3) is 0 Å². The van der Waals surface area contributed by atoms with Crippen LogP contribution in [0.5, 0.6) is 0 Å². The minimum atomic E-state index is -5.14. The maximum absolute atomic E-state index is 11.9. The molecule has 1 aromatic rings. The molecular weight excluding hydrogens is 202 g/mol. The van der Waals surface area contributed by atoms with Crippen molar-refractivity contribution in [2.45, 2.75) is 12.5 Å². The van der Waals surface area contributed by atoms with Gasteiger partial charge in [-0.25, -0.2) is 0 Å². The first-order valence-corrected chi connectivity index (χ1v) is 2.91. The molecule has 1 rings (SSSR count).